The summed E-state index contributed by atoms with van der Waals surface area (Å²) in [7, 11) is 0. The second kappa shape index (κ2) is 6.74. The van der Waals surface area contributed by atoms with E-state index in [1.54, 1.807) is 4.90 Å². The van der Waals surface area contributed by atoms with Gasteiger partial charge < -0.3 is 15.3 Å². The van der Waals surface area contributed by atoms with E-state index >= 15 is 0 Å². The van der Waals surface area contributed by atoms with Gasteiger partial charge in [0.2, 0.25) is 0 Å². The minimum Gasteiger partial charge on any atom is -0.480 e. The predicted molar refractivity (Wildman–Crippen MR) is 68.4 cm³/mol. The average molecular weight is 260 g/mol. The number of amides is 2. The van der Waals surface area contributed by atoms with Gasteiger partial charge in [-0.15, -0.1) is 0 Å². The zero-order chi connectivity index (χ0) is 12.8. The number of carboxylic acids is 1. The molecule has 0 spiro atoms. The zero-order valence-corrected chi connectivity index (χ0v) is 11.1. The number of hydrogen-bond acceptors (Lipinski definition) is 3. The monoisotopic (exact) mass is 260 g/mol. The van der Waals surface area contributed by atoms with Crippen LogP contribution in [0, 0.1) is 0 Å². The molecule has 98 valence electrons. The van der Waals surface area contributed by atoms with E-state index in [9.17, 15) is 9.59 Å². The summed E-state index contributed by atoms with van der Waals surface area (Å²) in [6.07, 6.45) is 1.21. The lowest BCUT2D eigenvalue weighted by Gasteiger charge is -2.31. The Morgan fingerprint density at radius 3 is 2.82 bits per heavy atom. The van der Waals surface area contributed by atoms with Crippen molar-refractivity contribution in [1.29, 1.82) is 0 Å². The van der Waals surface area contributed by atoms with Crippen molar-refractivity contribution in [3.05, 3.63) is 0 Å². The molecule has 0 aromatic rings. The molecule has 0 saturated carbocycles. The van der Waals surface area contributed by atoms with Gasteiger partial charge in [0.05, 0.1) is 0 Å². The molecule has 2 atom stereocenters. The number of rotatable bonds is 4. The van der Waals surface area contributed by atoms with Crippen LogP contribution in [0.3, 0.4) is 0 Å². The van der Waals surface area contributed by atoms with E-state index in [2.05, 4.69) is 12.2 Å². The maximum atomic E-state index is 11.9. The normalized spacial score (nSPS) is 22.0. The molecule has 6 heteroatoms. The van der Waals surface area contributed by atoms with Gasteiger partial charge in [0.1, 0.15) is 6.04 Å². The fourth-order valence-corrected chi connectivity index (χ4v) is 2.80. The summed E-state index contributed by atoms with van der Waals surface area (Å²) in [6, 6.07) is -1.02. The SMILES string of the molecule is CCCC(NC(=O)N1CCSC(C)C1)C(=O)O. The van der Waals surface area contributed by atoms with Crippen molar-refractivity contribution in [3.63, 3.8) is 0 Å². The molecule has 0 bridgehead atoms. The van der Waals surface area contributed by atoms with Gasteiger partial charge in [0, 0.05) is 24.1 Å². The molecular weight excluding hydrogens is 240 g/mol. The van der Waals surface area contributed by atoms with E-state index < -0.39 is 12.0 Å². The van der Waals surface area contributed by atoms with Gasteiger partial charge >= 0.3 is 12.0 Å². The van der Waals surface area contributed by atoms with E-state index in [4.69, 9.17) is 5.11 Å². The smallest absolute Gasteiger partial charge is 0.326 e. The number of nitrogens with one attached hydrogen (secondary N) is 1. The number of aliphatic carboxylic acids is 1. The summed E-state index contributed by atoms with van der Waals surface area (Å²) in [5.41, 5.74) is 0. The molecule has 1 fully saturated rings. The third-order valence-corrected chi connectivity index (χ3v) is 3.84. The van der Waals surface area contributed by atoms with Gasteiger partial charge in [-0.3, -0.25) is 0 Å². The highest BCUT2D eigenvalue weighted by Gasteiger charge is 2.25. The second-order valence-corrected chi connectivity index (χ2v) is 5.80. The Kier molecular flexibility index (Phi) is 5.61. The Balaban J connectivity index is 2.48. The van der Waals surface area contributed by atoms with Crippen LogP contribution in [0.1, 0.15) is 26.7 Å². The topological polar surface area (TPSA) is 69.6 Å². The van der Waals surface area contributed by atoms with Gasteiger partial charge in [-0.2, -0.15) is 11.8 Å². The molecule has 1 saturated heterocycles. The highest BCUT2D eigenvalue weighted by atomic mass is 32.2. The lowest BCUT2D eigenvalue weighted by atomic mass is 10.2. The van der Waals surface area contributed by atoms with Crippen molar-refractivity contribution in [2.24, 2.45) is 0 Å². The van der Waals surface area contributed by atoms with E-state index in [1.165, 1.54) is 0 Å². The molecule has 1 heterocycles. The van der Waals surface area contributed by atoms with Crippen LogP contribution >= 0.6 is 11.8 Å². The van der Waals surface area contributed by atoms with Gasteiger partial charge in [-0.1, -0.05) is 20.3 Å². The van der Waals surface area contributed by atoms with Crippen LogP contribution in [0.25, 0.3) is 0 Å². The molecule has 1 aliphatic rings. The molecular formula is C11H20N2O3S. The van der Waals surface area contributed by atoms with E-state index in [0.717, 1.165) is 12.2 Å². The minimum absolute atomic E-state index is 0.252. The molecule has 2 unspecified atom stereocenters. The Labute approximate surface area is 106 Å². The molecule has 2 N–H and O–H groups in total. The molecule has 1 rings (SSSR count). The first-order chi connectivity index (χ1) is 8.04. The number of nitrogens with zero attached hydrogens (tertiary/aromatic N) is 1. The molecule has 2 amide bonds. The molecule has 5 nitrogen and oxygen atoms in total. The van der Waals surface area contributed by atoms with Crippen LogP contribution in [0.5, 0.6) is 0 Å². The Morgan fingerprint density at radius 2 is 2.29 bits per heavy atom. The second-order valence-electron chi connectivity index (χ2n) is 4.26. The highest BCUT2D eigenvalue weighted by Crippen LogP contribution is 2.17. The molecule has 0 aromatic heterocycles. The van der Waals surface area contributed by atoms with Crippen molar-refractivity contribution in [2.75, 3.05) is 18.8 Å². The zero-order valence-electron chi connectivity index (χ0n) is 10.3. The number of hydrogen-bond donors (Lipinski definition) is 2. The number of thioether (sulfide) groups is 1. The molecule has 1 aliphatic heterocycles. The van der Waals surface area contributed by atoms with Gasteiger partial charge in [0.25, 0.3) is 0 Å². The van der Waals surface area contributed by atoms with E-state index in [0.29, 0.717) is 24.8 Å². The molecule has 0 radical (unpaired) electrons. The van der Waals surface area contributed by atoms with Crippen molar-refractivity contribution in [2.45, 2.75) is 38.0 Å². The number of carbonyl (C=O) groups excluding carboxylic acids is 1. The Bertz CT molecular complexity index is 286. The molecule has 17 heavy (non-hydrogen) atoms. The number of urea groups is 1. The fourth-order valence-electron chi connectivity index (χ4n) is 1.79. The van der Waals surface area contributed by atoms with Crippen LogP contribution < -0.4 is 5.32 Å². The van der Waals surface area contributed by atoms with Crippen LogP contribution in [-0.4, -0.2) is 52.1 Å². The molecule has 0 aromatic carbocycles. The van der Waals surface area contributed by atoms with Crippen LogP contribution in [0.4, 0.5) is 4.79 Å². The average Bonchev–Trinajstić information content (AvgIpc) is 2.28. The number of carbonyl (C=O) groups is 2. The van der Waals surface area contributed by atoms with E-state index in [1.807, 2.05) is 18.7 Å². The maximum absolute atomic E-state index is 11.9. The Morgan fingerprint density at radius 1 is 1.59 bits per heavy atom. The third-order valence-electron chi connectivity index (χ3n) is 2.70. The maximum Gasteiger partial charge on any atom is 0.326 e. The van der Waals surface area contributed by atoms with Crippen LogP contribution in [0.15, 0.2) is 0 Å². The van der Waals surface area contributed by atoms with Crippen LogP contribution in [-0.2, 0) is 4.79 Å². The first-order valence-corrected chi connectivity index (χ1v) is 6.99. The molecule has 0 aliphatic carbocycles. The lowest BCUT2D eigenvalue weighted by molar-refractivity contribution is -0.139. The number of carboxylic acid groups (broad SMARTS) is 1. The van der Waals surface area contributed by atoms with Gasteiger partial charge in [-0.05, 0) is 6.42 Å². The summed E-state index contributed by atoms with van der Waals surface area (Å²) in [5.74, 6) is -0.0419. The van der Waals surface area contributed by atoms with Gasteiger partial charge in [0.15, 0.2) is 0 Å². The highest BCUT2D eigenvalue weighted by molar-refractivity contribution is 7.99. The van der Waals surface area contributed by atoms with Crippen molar-refractivity contribution in [3.8, 4) is 0 Å². The van der Waals surface area contributed by atoms with Gasteiger partial charge in [-0.25, -0.2) is 9.59 Å². The van der Waals surface area contributed by atoms with Crippen LogP contribution in [0.2, 0.25) is 0 Å². The summed E-state index contributed by atoms with van der Waals surface area (Å²) in [4.78, 5) is 24.5. The standard InChI is InChI=1S/C11H20N2O3S/c1-3-4-9(10(14)15)12-11(16)13-5-6-17-8(2)7-13/h8-9H,3-7H2,1-2H3,(H,12,16)(H,14,15). The van der Waals surface area contributed by atoms with Crippen molar-refractivity contribution in [1.82, 2.24) is 10.2 Å². The third kappa shape index (κ3) is 4.46. The first kappa shape index (κ1) is 14.2. The van der Waals surface area contributed by atoms with Crippen molar-refractivity contribution >= 4 is 23.8 Å². The largest absolute Gasteiger partial charge is 0.480 e. The lowest BCUT2D eigenvalue weighted by Crippen LogP contribution is -2.51. The summed E-state index contributed by atoms with van der Waals surface area (Å²) in [5, 5.41) is 12.0. The fraction of sp³-hybridized carbons (Fsp3) is 0.818. The summed E-state index contributed by atoms with van der Waals surface area (Å²) in [6.45, 7) is 5.36. The first-order valence-electron chi connectivity index (χ1n) is 5.94. The predicted octanol–water partition coefficient (Wildman–Crippen LogP) is 1.39. The quantitative estimate of drug-likeness (QED) is 0.801. The summed E-state index contributed by atoms with van der Waals surface area (Å²) < 4.78 is 0. The van der Waals surface area contributed by atoms with E-state index in [-0.39, 0.29) is 6.03 Å². The minimum atomic E-state index is -0.959. The summed E-state index contributed by atoms with van der Waals surface area (Å²) >= 11 is 1.84. The van der Waals surface area contributed by atoms with Crippen molar-refractivity contribution < 1.29 is 14.7 Å². The Hall–Kier alpha value is -0.910.